The molecule has 1 aromatic carbocycles. The van der Waals surface area contributed by atoms with E-state index in [1.807, 2.05) is 38.2 Å². The summed E-state index contributed by atoms with van der Waals surface area (Å²) in [5.41, 5.74) is 2.46. The van der Waals surface area contributed by atoms with Crippen LogP contribution in [0.3, 0.4) is 0 Å². The van der Waals surface area contributed by atoms with Gasteiger partial charge < -0.3 is 24.3 Å². The Labute approximate surface area is 280 Å². The van der Waals surface area contributed by atoms with E-state index in [2.05, 4.69) is 34.9 Å². The van der Waals surface area contributed by atoms with Crippen LogP contribution in [-0.4, -0.2) is 97.7 Å². The highest BCUT2D eigenvalue weighted by molar-refractivity contribution is 6.32. The Morgan fingerprint density at radius 3 is 2.49 bits per heavy atom. The lowest BCUT2D eigenvalue weighted by molar-refractivity contribution is 0.00500. The smallest absolute Gasteiger partial charge is 0.257 e. The molecule has 1 saturated heterocycles. The number of morpholine rings is 1. The maximum Gasteiger partial charge on any atom is 0.257 e. The van der Waals surface area contributed by atoms with Crippen LogP contribution >= 0.6 is 11.6 Å². The van der Waals surface area contributed by atoms with Crippen LogP contribution in [0, 0.1) is 0 Å². The Hall–Kier alpha value is -3.78. The number of hydrogen-bond acceptors (Lipinski definition) is 11. The fourth-order valence-electron chi connectivity index (χ4n) is 6.18. The van der Waals surface area contributed by atoms with E-state index in [0.717, 1.165) is 75.2 Å². The minimum Gasteiger partial charge on any atom is -0.487 e. The topological polar surface area (TPSA) is 127 Å². The molecule has 4 heterocycles. The number of hydrogen-bond donors (Lipinski definition) is 1. The lowest BCUT2D eigenvalue weighted by Gasteiger charge is -2.38. The summed E-state index contributed by atoms with van der Waals surface area (Å²) in [5, 5.41) is 12.9. The van der Waals surface area contributed by atoms with Crippen LogP contribution in [0.2, 0.25) is 5.02 Å². The van der Waals surface area contributed by atoms with E-state index < -0.39 is 0 Å². The van der Waals surface area contributed by atoms with Gasteiger partial charge in [-0.2, -0.15) is 5.10 Å². The minimum atomic E-state index is -0.165. The third-order valence-electron chi connectivity index (χ3n) is 8.74. The number of halogens is 1. The average Bonchev–Trinajstić information content (AvgIpc) is 3.75. The second-order valence-electron chi connectivity index (χ2n) is 12.3. The molecule has 1 aliphatic heterocycles. The third kappa shape index (κ3) is 8.78. The minimum absolute atomic E-state index is 0.0700. The largest absolute Gasteiger partial charge is 0.487 e. The van der Waals surface area contributed by atoms with Crippen LogP contribution in [-0.2, 0) is 16.0 Å². The molecule has 0 radical (unpaired) electrons. The molecule has 252 valence electrons. The van der Waals surface area contributed by atoms with Crippen molar-refractivity contribution in [3.63, 3.8) is 0 Å². The highest BCUT2D eigenvalue weighted by Crippen LogP contribution is 2.36. The van der Waals surface area contributed by atoms with Gasteiger partial charge in [0, 0.05) is 57.2 Å². The summed E-state index contributed by atoms with van der Waals surface area (Å²) in [5.74, 6) is 1.57. The van der Waals surface area contributed by atoms with Crippen LogP contribution < -0.4 is 14.8 Å². The molecule has 0 bridgehead atoms. The van der Waals surface area contributed by atoms with Gasteiger partial charge in [-0.1, -0.05) is 17.7 Å². The van der Waals surface area contributed by atoms with Crippen molar-refractivity contribution in [3.8, 4) is 22.8 Å². The highest BCUT2D eigenvalue weighted by atomic mass is 35.5. The monoisotopic (exact) mass is 665 g/mol. The van der Waals surface area contributed by atoms with Crippen molar-refractivity contribution in [1.29, 1.82) is 0 Å². The maximum atomic E-state index is 6.47. The fraction of sp³-hybridized carbons (Fsp3) is 0.545. The van der Waals surface area contributed by atoms with Crippen LogP contribution in [0.5, 0.6) is 11.6 Å². The zero-order valence-corrected chi connectivity index (χ0v) is 28.1. The van der Waals surface area contributed by atoms with Gasteiger partial charge in [-0.3, -0.25) is 9.58 Å². The number of ether oxygens (including phenoxy) is 4. The number of methoxy groups -OCH3 is 1. The van der Waals surface area contributed by atoms with Crippen molar-refractivity contribution in [1.82, 2.24) is 39.4 Å². The van der Waals surface area contributed by atoms with E-state index in [9.17, 15) is 0 Å². The van der Waals surface area contributed by atoms with Gasteiger partial charge in [0.15, 0.2) is 0 Å². The van der Waals surface area contributed by atoms with Gasteiger partial charge in [0.1, 0.15) is 30.2 Å². The molecule has 3 aromatic heterocycles. The average molecular weight is 666 g/mol. The normalized spacial score (nSPS) is 20.1. The van der Waals surface area contributed by atoms with Crippen molar-refractivity contribution in [3.05, 3.63) is 54.5 Å². The zero-order chi connectivity index (χ0) is 32.6. The van der Waals surface area contributed by atoms with Gasteiger partial charge in [0.05, 0.1) is 43.1 Å². The first-order valence-corrected chi connectivity index (χ1v) is 16.8. The Morgan fingerprint density at radius 2 is 1.77 bits per heavy atom. The summed E-state index contributed by atoms with van der Waals surface area (Å²) < 4.78 is 27.0. The molecule has 2 aliphatic rings. The van der Waals surface area contributed by atoms with Gasteiger partial charge in [-0.25, -0.2) is 19.6 Å². The molecule has 0 spiro atoms. The fourth-order valence-corrected chi connectivity index (χ4v) is 6.34. The molecule has 0 amide bonds. The number of nitrogens with one attached hydrogen (secondary N) is 1. The quantitative estimate of drug-likeness (QED) is 0.186. The number of nitrogens with zero attached hydrogens (tertiary/aromatic N) is 8. The van der Waals surface area contributed by atoms with Crippen molar-refractivity contribution in [2.24, 2.45) is 0 Å². The summed E-state index contributed by atoms with van der Waals surface area (Å²) in [7, 11) is 1.70. The van der Waals surface area contributed by atoms with Crippen LogP contribution in [0.15, 0.2) is 49.4 Å². The standard InChI is InChI=1S/C33H44ClN9O4/c1-23(10-13-44-3)47-32-30(20-43(40-32)28-7-5-27(6-8-28)41-11-14-45-15-12-41)39-33-36-17-26(18-37-33)25-4-9-29(34)31(16-25)46-24(2)19-42-22-35-21-38-42/h4,9,16-18,20-24,27-28H,5-8,10-15,19H2,1-3H3,(H,36,37,39)/t23-,24-,27?,28?/m0/s1. The van der Waals surface area contributed by atoms with Gasteiger partial charge in [0.25, 0.3) is 5.88 Å². The van der Waals surface area contributed by atoms with E-state index in [0.29, 0.717) is 47.8 Å². The zero-order valence-electron chi connectivity index (χ0n) is 27.3. The van der Waals surface area contributed by atoms with Crippen LogP contribution in [0.4, 0.5) is 11.6 Å². The molecule has 1 N–H and O–H groups in total. The van der Waals surface area contributed by atoms with Crippen LogP contribution in [0.1, 0.15) is 52.0 Å². The van der Waals surface area contributed by atoms with E-state index in [-0.39, 0.29) is 12.2 Å². The predicted octanol–water partition coefficient (Wildman–Crippen LogP) is 5.42. The van der Waals surface area contributed by atoms with Crippen molar-refractivity contribution in [2.45, 2.75) is 76.8 Å². The molecule has 14 heteroatoms. The molecule has 6 rings (SSSR count). The molecule has 1 aliphatic carbocycles. The van der Waals surface area contributed by atoms with E-state index in [4.69, 9.17) is 35.6 Å². The van der Waals surface area contributed by atoms with Crippen LogP contribution in [0.25, 0.3) is 11.1 Å². The molecule has 47 heavy (non-hydrogen) atoms. The Kier molecular flexibility index (Phi) is 11.2. The molecular weight excluding hydrogens is 622 g/mol. The first kappa shape index (κ1) is 33.1. The number of benzene rings is 1. The number of aromatic nitrogens is 7. The van der Waals surface area contributed by atoms with Gasteiger partial charge in [0.2, 0.25) is 5.95 Å². The summed E-state index contributed by atoms with van der Waals surface area (Å²) in [6, 6.07) is 6.57. The molecule has 0 unspecified atom stereocenters. The Morgan fingerprint density at radius 1 is 1.00 bits per heavy atom. The third-order valence-corrected chi connectivity index (χ3v) is 9.06. The molecular formula is C33H44ClN9O4. The lowest BCUT2D eigenvalue weighted by Crippen LogP contribution is -2.45. The number of anilines is 2. The highest BCUT2D eigenvalue weighted by Gasteiger charge is 2.29. The van der Waals surface area contributed by atoms with E-state index in [1.54, 1.807) is 30.5 Å². The summed E-state index contributed by atoms with van der Waals surface area (Å²) in [6.07, 6.45) is 13.7. The molecule has 2 atom stereocenters. The van der Waals surface area contributed by atoms with Gasteiger partial charge in [-0.15, -0.1) is 5.10 Å². The summed E-state index contributed by atoms with van der Waals surface area (Å²) >= 11 is 6.47. The molecule has 2 fully saturated rings. The van der Waals surface area contributed by atoms with E-state index >= 15 is 0 Å². The molecule has 13 nitrogen and oxygen atoms in total. The van der Waals surface area contributed by atoms with Gasteiger partial charge in [-0.05, 0) is 57.2 Å². The van der Waals surface area contributed by atoms with Gasteiger partial charge >= 0.3 is 0 Å². The molecule has 1 saturated carbocycles. The van der Waals surface area contributed by atoms with Crippen molar-refractivity contribution < 1.29 is 18.9 Å². The Bertz CT molecular complexity index is 1540. The SMILES string of the molecule is COCC[C@H](C)Oc1nn(C2CCC(N3CCOCC3)CC2)cc1Nc1ncc(-c2ccc(Cl)c(O[C@@H](C)Cn3cncn3)c2)cn1. The van der Waals surface area contributed by atoms with Crippen molar-refractivity contribution in [2.75, 3.05) is 45.3 Å². The molecule has 4 aromatic rings. The number of rotatable bonds is 14. The summed E-state index contributed by atoms with van der Waals surface area (Å²) in [4.78, 5) is 15.8. The maximum absolute atomic E-state index is 6.47. The second-order valence-corrected chi connectivity index (χ2v) is 12.7. The first-order valence-electron chi connectivity index (χ1n) is 16.4. The lowest BCUT2D eigenvalue weighted by atomic mass is 9.90. The second kappa shape index (κ2) is 15.9. The predicted molar refractivity (Wildman–Crippen MR) is 178 cm³/mol. The summed E-state index contributed by atoms with van der Waals surface area (Å²) in [6.45, 7) is 8.87. The van der Waals surface area contributed by atoms with E-state index in [1.165, 1.54) is 6.33 Å². The first-order chi connectivity index (χ1) is 22.9. The Balaban J connectivity index is 1.13. The van der Waals surface area contributed by atoms with Crippen molar-refractivity contribution >= 4 is 23.2 Å².